The Kier molecular flexibility index (Phi) is 5.26. The van der Waals surface area contributed by atoms with E-state index in [4.69, 9.17) is 4.74 Å². The zero-order valence-corrected chi connectivity index (χ0v) is 12.9. The first kappa shape index (κ1) is 20.7. The number of rotatable bonds is 3. The lowest BCUT2D eigenvalue weighted by Crippen LogP contribution is -2.12. The highest BCUT2D eigenvalue weighted by Gasteiger charge is 2.37. The van der Waals surface area contributed by atoms with Crippen LogP contribution in [0.25, 0.3) is 0 Å². The Labute approximate surface area is 145 Å². The molecule has 0 aliphatic carbocycles. The minimum absolute atomic E-state index is 0.0920. The number of ether oxygens (including phenoxy) is 1. The summed E-state index contributed by atoms with van der Waals surface area (Å²) in [5, 5.41) is 9.49. The molecule has 2 nitrogen and oxygen atoms in total. The van der Waals surface area contributed by atoms with Crippen molar-refractivity contribution < 1.29 is 49.4 Å². The highest BCUT2D eigenvalue weighted by Crippen LogP contribution is 2.38. The van der Waals surface area contributed by atoms with Gasteiger partial charge in [0.1, 0.15) is 6.61 Å². The van der Waals surface area contributed by atoms with E-state index in [2.05, 4.69) is 0 Å². The Hall–Kier alpha value is -2.59. The number of hydrogen-bond acceptors (Lipinski definition) is 2. The minimum atomic E-state index is -5.08. The molecule has 0 radical (unpaired) electrons. The molecule has 11 heteroatoms. The fraction of sp³-hybridized carbons (Fsp3) is 0.250. The van der Waals surface area contributed by atoms with Crippen molar-refractivity contribution in [2.24, 2.45) is 0 Å². The van der Waals surface area contributed by atoms with Crippen LogP contribution in [0, 0.1) is 0 Å². The van der Waals surface area contributed by atoms with Crippen LogP contribution in [0.15, 0.2) is 36.4 Å². The van der Waals surface area contributed by atoms with Gasteiger partial charge in [-0.2, -0.15) is 39.5 Å². The largest absolute Gasteiger partial charge is 0.504 e. The molecule has 0 fully saturated rings. The maximum Gasteiger partial charge on any atom is 0.416 e. The van der Waals surface area contributed by atoms with Crippen LogP contribution < -0.4 is 4.74 Å². The summed E-state index contributed by atoms with van der Waals surface area (Å²) in [6.07, 6.45) is -14.9. The van der Waals surface area contributed by atoms with E-state index in [-0.39, 0.29) is 6.07 Å². The zero-order valence-electron chi connectivity index (χ0n) is 12.9. The monoisotopic (exact) mass is 404 g/mol. The van der Waals surface area contributed by atoms with Crippen molar-refractivity contribution in [1.29, 1.82) is 0 Å². The molecule has 0 saturated heterocycles. The Morgan fingerprint density at radius 2 is 1.15 bits per heavy atom. The van der Waals surface area contributed by atoms with E-state index in [1.165, 1.54) is 0 Å². The van der Waals surface area contributed by atoms with Crippen LogP contribution in [0.4, 0.5) is 39.5 Å². The third-order valence-electron chi connectivity index (χ3n) is 3.33. The van der Waals surface area contributed by atoms with Gasteiger partial charge in [0.05, 0.1) is 16.7 Å². The van der Waals surface area contributed by atoms with Gasteiger partial charge in [-0.05, 0) is 42.0 Å². The van der Waals surface area contributed by atoms with Crippen LogP contribution in [0.3, 0.4) is 0 Å². The van der Waals surface area contributed by atoms with Crippen molar-refractivity contribution >= 4 is 0 Å². The number of alkyl halides is 9. The van der Waals surface area contributed by atoms with E-state index in [1.54, 1.807) is 0 Å². The lowest BCUT2D eigenvalue weighted by molar-refractivity contribution is -0.143. The van der Waals surface area contributed by atoms with Gasteiger partial charge in [0.2, 0.25) is 0 Å². The number of benzene rings is 2. The lowest BCUT2D eigenvalue weighted by atomic mass is 10.1. The average molecular weight is 404 g/mol. The number of phenolic OH excluding ortho intramolecular Hbond substituents is 1. The molecule has 1 N–H and O–H groups in total. The smallest absolute Gasteiger partial charge is 0.416 e. The second-order valence-corrected chi connectivity index (χ2v) is 5.38. The molecule has 148 valence electrons. The van der Waals surface area contributed by atoms with Gasteiger partial charge in [0, 0.05) is 0 Å². The van der Waals surface area contributed by atoms with Crippen molar-refractivity contribution in [1.82, 2.24) is 0 Å². The fourth-order valence-electron chi connectivity index (χ4n) is 2.07. The van der Waals surface area contributed by atoms with Crippen molar-refractivity contribution in [2.75, 3.05) is 0 Å². The molecule has 0 unspecified atom stereocenters. The number of aromatic hydroxyl groups is 1. The molecule has 0 saturated carbocycles. The summed E-state index contributed by atoms with van der Waals surface area (Å²) >= 11 is 0. The van der Waals surface area contributed by atoms with Gasteiger partial charge >= 0.3 is 18.5 Å². The van der Waals surface area contributed by atoms with Crippen LogP contribution >= 0.6 is 0 Å². The van der Waals surface area contributed by atoms with Crippen molar-refractivity contribution in [3.63, 3.8) is 0 Å². The van der Waals surface area contributed by atoms with Crippen molar-refractivity contribution in [2.45, 2.75) is 25.1 Å². The summed E-state index contributed by atoms with van der Waals surface area (Å²) in [6.45, 7) is -0.929. The van der Waals surface area contributed by atoms with Crippen molar-refractivity contribution in [3.8, 4) is 11.5 Å². The predicted octanol–water partition coefficient (Wildman–Crippen LogP) is 6.03. The molecule has 0 bridgehead atoms. The molecule has 2 aromatic rings. The number of hydrogen-bond donors (Lipinski definition) is 1. The summed E-state index contributed by atoms with van der Waals surface area (Å²) in [5.41, 5.74) is -4.99. The molecule has 2 rings (SSSR count). The first-order valence-corrected chi connectivity index (χ1v) is 6.99. The quantitative estimate of drug-likeness (QED) is 0.634. The van der Waals surface area contributed by atoms with E-state index in [1.807, 2.05) is 0 Å². The van der Waals surface area contributed by atoms with E-state index < -0.39 is 58.9 Å². The molecule has 0 aliphatic rings. The van der Waals surface area contributed by atoms with Gasteiger partial charge in [0.15, 0.2) is 11.5 Å². The molecule has 0 spiro atoms. The van der Waals surface area contributed by atoms with E-state index in [0.29, 0.717) is 30.3 Å². The van der Waals surface area contributed by atoms with Crippen LogP contribution in [-0.4, -0.2) is 5.11 Å². The van der Waals surface area contributed by atoms with Gasteiger partial charge in [0.25, 0.3) is 0 Å². The predicted molar refractivity (Wildman–Crippen MR) is 73.9 cm³/mol. The Morgan fingerprint density at radius 3 is 1.59 bits per heavy atom. The second-order valence-electron chi connectivity index (χ2n) is 5.38. The molecule has 27 heavy (non-hydrogen) atoms. The van der Waals surface area contributed by atoms with Crippen LogP contribution in [0.1, 0.15) is 22.3 Å². The Bertz CT molecular complexity index is 788. The maximum absolute atomic E-state index is 12.8. The molecular formula is C16H9F9O2. The first-order chi connectivity index (χ1) is 12.2. The molecular weight excluding hydrogens is 395 g/mol. The fourth-order valence-corrected chi connectivity index (χ4v) is 2.07. The van der Waals surface area contributed by atoms with Crippen molar-refractivity contribution in [3.05, 3.63) is 58.7 Å². The minimum Gasteiger partial charge on any atom is -0.504 e. The third-order valence-corrected chi connectivity index (χ3v) is 3.33. The SMILES string of the molecule is Oc1ccc(C(F)(F)F)cc1OCc1cc(C(F)(F)F)cc(C(F)(F)F)c1. The van der Waals surface area contributed by atoms with Gasteiger partial charge in [-0.25, -0.2) is 0 Å². The van der Waals surface area contributed by atoms with E-state index in [0.717, 1.165) is 0 Å². The normalized spacial score (nSPS) is 12.9. The van der Waals surface area contributed by atoms with Crippen LogP contribution in [0.5, 0.6) is 11.5 Å². The Morgan fingerprint density at radius 1 is 0.667 bits per heavy atom. The van der Waals surface area contributed by atoms with Crippen LogP contribution in [0.2, 0.25) is 0 Å². The standard InChI is InChI=1S/C16H9F9O2/c17-14(18,19)9-1-2-12(26)13(6-9)27-7-8-3-10(15(20,21)22)5-11(4-8)16(23,24)25/h1-6,26H,7H2. The maximum atomic E-state index is 12.8. The third kappa shape index (κ3) is 5.20. The summed E-state index contributed by atoms with van der Waals surface area (Å²) in [6, 6.07) is 2.22. The Balaban J connectivity index is 2.35. The summed E-state index contributed by atoms with van der Waals surface area (Å²) in [4.78, 5) is 0. The number of halogens is 9. The first-order valence-electron chi connectivity index (χ1n) is 6.99. The van der Waals surface area contributed by atoms with Gasteiger partial charge < -0.3 is 9.84 Å². The molecule has 2 aromatic carbocycles. The highest BCUT2D eigenvalue weighted by atomic mass is 19.4. The van der Waals surface area contributed by atoms with Gasteiger partial charge in [-0.15, -0.1) is 0 Å². The van der Waals surface area contributed by atoms with Gasteiger partial charge in [-0.3, -0.25) is 0 Å². The molecule has 0 aliphatic heterocycles. The molecule has 0 amide bonds. The molecule has 0 aromatic heterocycles. The summed E-state index contributed by atoms with van der Waals surface area (Å²) < 4.78 is 119. The molecule has 0 atom stereocenters. The summed E-state index contributed by atoms with van der Waals surface area (Å²) in [5.74, 6) is -1.50. The van der Waals surface area contributed by atoms with Gasteiger partial charge in [-0.1, -0.05) is 0 Å². The highest BCUT2D eigenvalue weighted by molar-refractivity contribution is 5.43. The van der Waals surface area contributed by atoms with Crippen LogP contribution in [-0.2, 0) is 25.1 Å². The average Bonchev–Trinajstić information content (AvgIpc) is 2.51. The lowest BCUT2D eigenvalue weighted by Gasteiger charge is -2.15. The number of phenols is 1. The molecule has 0 heterocycles. The van der Waals surface area contributed by atoms with E-state index in [9.17, 15) is 44.6 Å². The zero-order chi connectivity index (χ0) is 20.6. The topological polar surface area (TPSA) is 29.5 Å². The second kappa shape index (κ2) is 6.86. The van der Waals surface area contributed by atoms with E-state index >= 15 is 0 Å². The summed E-state index contributed by atoms with van der Waals surface area (Å²) in [7, 11) is 0.